The average Bonchev–Trinajstić information content (AvgIpc) is 2.91. The van der Waals surface area contributed by atoms with Crippen LogP contribution in [0.5, 0.6) is 0 Å². The van der Waals surface area contributed by atoms with Gasteiger partial charge >= 0.3 is 0 Å². The van der Waals surface area contributed by atoms with Crippen LogP contribution in [0.15, 0.2) is 0 Å². The SMILES string of the molecule is C1CC2(CN1)NCC(C1CC1)CO2. The van der Waals surface area contributed by atoms with Gasteiger partial charge in [-0.15, -0.1) is 0 Å². The highest BCUT2D eigenvalue weighted by molar-refractivity contribution is 4.94. The molecule has 0 bridgehead atoms. The molecule has 1 saturated carbocycles. The van der Waals surface area contributed by atoms with Crippen molar-refractivity contribution in [2.75, 3.05) is 26.2 Å². The predicted octanol–water partition coefficient (Wildman–Crippen LogP) is 0.322. The molecule has 3 heteroatoms. The highest BCUT2D eigenvalue weighted by Gasteiger charge is 2.42. The largest absolute Gasteiger partial charge is 0.359 e. The molecule has 3 rings (SSSR count). The zero-order valence-corrected chi connectivity index (χ0v) is 8.01. The first kappa shape index (κ1) is 8.21. The van der Waals surface area contributed by atoms with E-state index in [4.69, 9.17) is 4.74 Å². The van der Waals surface area contributed by atoms with Gasteiger partial charge in [0.05, 0.1) is 6.61 Å². The van der Waals surface area contributed by atoms with E-state index in [9.17, 15) is 0 Å². The second-order valence-corrected chi connectivity index (χ2v) is 4.71. The molecule has 2 N–H and O–H groups in total. The molecule has 2 unspecified atom stereocenters. The average molecular weight is 182 g/mol. The zero-order valence-electron chi connectivity index (χ0n) is 8.01. The van der Waals surface area contributed by atoms with Gasteiger partial charge in [0, 0.05) is 19.5 Å². The van der Waals surface area contributed by atoms with Crippen molar-refractivity contribution in [1.82, 2.24) is 10.6 Å². The van der Waals surface area contributed by atoms with E-state index in [1.165, 1.54) is 19.4 Å². The summed E-state index contributed by atoms with van der Waals surface area (Å²) in [6.45, 7) is 4.25. The van der Waals surface area contributed by atoms with Crippen molar-refractivity contribution in [3.63, 3.8) is 0 Å². The maximum atomic E-state index is 5.97. The molecular formula is C10H18N2O. The summed E-state index contributed by atoms with van der Waals surface area (Å²) in [5.41, 5.74) is 0.00535. The van der Waals surface area contributed by atoms with E-state index in [1.807, 2.05) is 0 Å². The van der Waals surface area contributed by atoms with Crippen LogP contribution in [0.3, 0.4) is 0 Å². The van der Waals surface area contributed by atoms with Crippen molar-refractivity contribution in [2.24, 2.45) is 11.8 Å². The lowest BCUT2D eigenvalue weighted by Crippen LogP contribution is -2.56. The molecule has 74 valence electrons. The molecule has 2 aliphatic heterocycles. The molecule has 0 radical (unpaired) electrons. The van der Waals surface area contributed by atoms with Crippen LogP contribution in [0.25, 0.3) is 0 Å². The maximum Gasteiger partial charge on any atom is 0.132 e. The van der Waals surface area contributed by atoms with Crippen LogP contribution >= 0.6 is 0 Å². The molecule has 2 heterocycles. The van der Waals surface area contributed by atoms with Crippen molar-refractivity contribution in [3.05, 3.63) is 0 Å². The minimum atomic E-state index is 0.00535. The number of hydrogen-bond donors (Lipinski definition) is 2. The summed E-state index contributed by atoms with van der Waals surface area (Å²) in [4.78, 5) is 0. The Morgan fingerprint density at radius 3 is 2.69 bits per heavy atom. The monoisotopic (exact) mass is 182 g/mol. The first-order valence-corrected chi connectivity index (χ1v) is 5.48. The Labute approximate surface area is 79.2 Å². The van der Waals surface area contributed by atoms with Gasteiger partial charge in [-0.1, -0.05) is 0 Å². The van der Waals surface area contributed by atoms with E-state index in [2.05, 4.69) is 10.6 Å². The van der Waals surface area contributed by atoms with E-state index in [1.54, 1.807) is 0 Å². The highest BCUT2D eigenvalue weighted by Crippen LogP contribution is 2.39. The van der Waals surface area contributed by atoms with Gasteiger partial charge in [-0.25, -0.2) is 0 Å². The molecule has 2 atom stereocenters. The van der Waals surface area contributed by atoms with Crippen molar-refractivity contribution < 1.29 is 4.74 Å². The van der Waals surface area contributed by atoms with Crippen molar-refractivity contribution >= 4 is 0 Å². The molecule has 1 aliphatic carbocycles. The van der Waals surface area contributed by atoms with E-state index in [0.29, 0.717) is 0 Å². The molecule has 3 aliphatic rings. The second kappa shape index (κ2) is 2.94. The highest BCUT2D eigenvalue weighted by atomic mass is 16.5. The van der Waals surface area contributed by atoms with Crippen LogP contribution in [-0.2, 0) is 4.74 Å². The summed E-state index contributed by atoms with van der Waals surface area (Å²) in [6, 6.07) is 0. The van der Waals surface area contributed by atoms with Gasteiger partial charge in [0.25, 0.3) is 0 Å². The van der Waals surface area contributed by atoms with Crippen LogP contribution < -0.4 is 10.6 Å². The fourth-order valence-electron chi connectivity index (χ4n) is 2.51. The normalized spacial score (nSPS) is 45.7. The van der Waals surface area contributed by atoms with Gasteiger partial charge in [0.2, 0.25) is 0 Å². The Hall–Kier alpha value is -0.120. The Bertz CT molecular complexity index is 187. The first-order chi connectivity index (χ1) is 6.38. The van der Waals surface area contributed by atoms with Crippen LogP contribution in [0.1, 0.15) is 19.3 Å². The summed E-state index contributed by atoms with van der Waals surface area (Å²) >= 11 is 0. The third kappa shape index (κ3) is 1.49. The Kier molecular flexibility index (Phi) is 1.86. The first-order valence-electron chi connectivity index (χ1n) is 5.48. The standard InChI is InChI=1S/C10H18N2O/c1-2-8(1)9-5-12-10(13-6-9)3-4-11-7-10/h8-9,11-12H,1-7H2. The summed E-state index contributed by atoms with van der Waals surface area (Å²) in [6.07, 6.45) is 3.99. The van der Waals surface area contributed by atoms with Gasteiger partial charge in [0.15, 0.2) is 0 Å². The van der Waals surface area contributed by atoms with Gasteiger partial charge in [0.1, 0.15) is 5.72 Å². The third-order valence-electron chi connectivity index (χ3n) is 3.66. The van der Waals surface area contributed by atoms with E-state index >= 15 is 0 Å². The topological polar surface area (TPSA) is 33.3 Å². The molecule has 0 aromatic heterocycles. The van der Waals surface area contributed by atoms with E-state index < -0.39 is 0 Å². The Morgan fingerprint density at radius 1 is 1.23 bits per heavy atom. The second-order valence-electron chi connectivity index (χ2n) is 4.71. The van der Waals surface area contributed by atoms with Crippen molar-refractivity contribution in [1.29, 1.82) is 0 Å². The van der Waals surface area contributed by atoms with Gasteiger partial charge in [-0.05, 0) is 31.2 Å². The molecular weight excluding hydrogens is 164 g/mol. The maximum absolute atomic E-state index is 5.97. The minimum absolute atomic E-state index is 0.00535. The smallest absolute Gasteiger partial charge is 0.132 e. The molecule has 13 heavy (non-hydrogen) atoms. The molecule has 0 amide bonds. The summed E-state index contributed by atoms with van der Waals surface area (Å²) in [5.74, 6) is 1.77. The molecule has 0 aromatic rings. The summed E-state index contributed by atoms with van der Waals surface area (Å²) in [5, 5.41) is 6.94. The number of nitrogens with one attached hydrogen (secondary N) is 2. The number of rotatable bonds is 1. The van der Waals surface area contributed by atoms with Crippen LogP contribution in [0.2, 0.25) is 0 Å². The lowest BCUT2D eigenvalue weighted by atomic mass is 10.0. The number of ether oxygens (including phenoxy) is 1. The van der Waals surface area contributed by atoms with Gasteiger partial charge in [-0.3, -0.25) is 5.32 Å². The van der Waals surface area contributed by atoms with Crippen LogP contribution in [0, 0.1) is 11.8 Å². The van der Waals surface area contributed by atoms with E-state index in [-0.39, 0.29) is 5.72 Å². The zero-order chi connectivity index (χ0) is 8.73. The quantitative estimate of drug-likeness (QED) is 0.613. The predicted molar refractivity (Wildman–Crippen MR) is 50.4 cm³/mol. The molecule has 0 aromatic carbocycles. The third-order valence-corrected chi connectivity index (χ3v) is 3.66. The van der Waals surface area contributed by atoms with Gasteiger partial charge < -0.3 is 10.1 Å². The van der Waals surface area contributed by atoms with E-state index in [0.717, 1.165) is 38.0 Å². The molecule has 2 saturated heterocycles. The Morgan fingerprint density at radius 2 is 2.15 bits per heavy atom. The fourth-order valence-corrected chi connectivity index (χ4v) is 2.51. The van der Waals surface area contributed by atoms with Crippen LogP contribution in [-0.4, -0.2) is 32.0 Å². The minimum Gasteiger partial charge on any atom is -0.359 e. The summed E-state index contributed by atoms with van der Waals surface area (Å²) in [7, 11) is 0. The lowest BCUT2D eigenvalue weighted by Gasteiger charge is -2.38. The number of hydrogen-bond acceptors (Lipinski definition) is 3. The van der Waals surface area contributed by atoms with Crippen molar-refractivity contribution in [2.45, 2.75) is 25.0 Å². The Balaban J connectivity index is 1.59. The fraction of sp³-hybridized carbons (Fsp3) is 1.00. The van der Waals surface area contributed by atoms with Gasteiger partial charge in [-0.2, -0.15) is 0 Å². The molecule has 3 fully saturated rings. The molecule has 3 nitrogen and oxygen atoms in total. The van der Waals surface area contributed by atoms with Crippen molar-refractivity contribution in [3.8, 4) is 0 Å². The van der Waals surface area contributed by atoms with Crippen LogP contribution in [0.4, 0.5) is 0 Å². The lowest BCUT2D eigenvalue weighted by molar-refractivity contribution is -0.106. The molecule has 1 spiro atoms. The summed E-state index contributed by atoms with van der Waals surface area (Å²) < 4.78 is 5.97.